The summed E-state index contributed by atoms with van der Waals surface area (Å²) in [6.07, 6.45) is 11.8. The second kappa shape index (κ2) is 8.35. The Labute approximate surface area is 171 Å². The number of pyridine rings is 1. The molecule has 2 bridgehead atoms. The normalized spacial score (nSPS) is 25.3. The molecule has 2 aromatic heterocycles. The summed E-state index contributed by atoms with van der Waals surface area (Å²) < 4.78 is 1.79. The standard InChI is InChI=1S/C22H29N5O2/c1-2-22(21(29)24-12-8-17-5-3-10-23-16-17)15-18-6-7-19(22)27(18)20(28)9-14-26-13-4-11-25-26/h3-5,10-11,13,16,18-19H,2,6-9,12,14-15H2,1H3,(H,24,29)/t18-,19+,22+/m0/s1. The van der Waals surface area contributed by atoms with Crippen molar-refractivity contribution >= 4 is 11.8 Å². The maximum atomic E-state index is 13.2. The molecule has 154 valence electrons. The molecule has 0 aromatic carbocycles. The summed E-state index contributed by atoms with van der Waals surface area (Å²) in [5.74, 6) is 0.243. The van der Waals surface area contributed by atoms with Gasteiger partial charge in [-0.3, -0.25) is 19.3 Å². The molecule has 4 rings (SSSR count). The number of nitrogens with zero attached hydrogens (tertiary/aromatic N) is 4. The lowest BCUT2D eigenvalue weighted by molar-refractivity contribution is -0.137. The summed E-state index contributed by atoms with van der Waals surface area (Å²) in [6.45, 7) is 3.25. The van der Waals surface area contributed by atoms with Crippen molar-refractivity contribution in [2.45, 2.75) is 64.1 Å². The van der Waals surface area contributed by atoms with E-state index in [4.69, 9.17) is 0 Å². The van der Waals surface area contributed by atoms with Crippen LogP contribution in [0.1, 0.15) is 44.6 Å². The molecule has 7 heteroatoms. The molecule has 29 heavy (non-hydrogen) atoms. The summed E-state index contributed by atoms with van der Waals surface area (Å²) in [5.41, 5.74) is 0.654. The molecule has 2 aliphatic heterocycles. The summed E-state index contributed by atoms with van der Waals surface area (Å²) in [6, 6.07) is 6.00. The Bertz CT molecular complexity index is 838. The second-order valence-electron chi connectivity index (χ2n) is 8.15. The number of nitrogens with one attached hydrogen (secondary N) is 1. The third-order valence-corrected chi connectivity index (χ3v) is 6.65. The van der Waals surface area contributed by atoms with Gasteiger partial charge in [-0.05, 0) is 49.8 Å². The van der Waals surface area contributed by atoms with Crippen LogP contribution >= 0.6 is 0 Å². The molecular weight excluding hydrogens is 366 g/mol. The van der Waals surface area contributed by atoms with Crippen LogP contribution in [0.15, 0.2) is 43.0 Å². The molecule has 7 nitrogen and oxygen atoms in total. The van der Waals surface area contributed by atoms with Gasteiger partial charge in [-0.2, -0.15) is 5.10 Å². The van der Waals surface area contributed by atoms with E-state index < -0.39 is 5.41 Å². The molecule has 0 aliphatic carbocycles. The van der Waals surface area contributed by atoms with Crippen LogP contribution < -0.4 is 5.32 Å². The molecule has 0 spiro atoms. The first-order valence-corrected chi connectivity index (χ1v) is 10.6. The zero-order valence-corrected chi connectivity index (χ0v) is 17.0. The van der Waals surface area contributed by atoms with Crippen molar-refractivity contribution in [3.63, 3.8) is 0 Å². The highest BCUT2D eigenvalue weighted by Gasteiger charge is 2.59. The highest BCUT2D eigenvalue weighted by atomic mass is 16.2. The SMILES string of the molecule is CC[C@@]1(C(=O)NCCc2cccnc2)C[C@@H]2CC[C@H]1N2C(=O)CCn1cccn1. The Morgan fingerprint density at radius 2 is 2.17 bits per heavy atom. The number of aromatic nitrogens is 3. The van der Waals surface area contributed by atoms with Crippen molar-refractivity contribution in [1.29, 1.82) is 0 Å². The van der Waals surface area contributed by atoms with Crippen molar-refractivity contribution in [1.82, 2.24) is 25.0 Å². The van der Waals surface area contributed by atoms with E-state index >= 15 is 0 Å². The van der Waals surface area contributed by atoms with Crippen LogP contribution in [0, 0.1) is 5.41 Å². The molecule has 3 atom stereocenters. The van der Waals surface area contributed by atoms with Crippen LogP contribution in [0.3, 0.4) is 0 Å². The predicted molar refractivity (Wildman–Crippen MR) is 109 cm³/mol. The van der Waals surface area contributed by atoms with Crippen LogP contribution in [0.4, 0.5) is 0 Å². The van der Waals surface area contributed by atoms with Crippen LogP contribution in [0.25, 0.3) is 0 Å². The van der Waals surface area contributed by atoms with E-state index in [0.29, 0.717) is 19.5 Å². The Kier molecular flexibility index (Phi) is 5.65. The van der Waals surface area contributed by atoms with E-state index in [1.807, 2.05) is 35.5 Å². The maximum Gasteiger partial charge on any atom is 0.228 e. The fourth-order valence-electron chi connectivity index (χ4n) is 5.16. The van der Waals surface area contributed by atoms with Crippen molar-refractivity contribution in [3.05, 3.63) is 48.5 Å². The molecule has 2 amide bonds. The Morgan fingerprint density at radius 1 is 1.28 bits per heavy atom. The first-order valence-electron chi connectivity index (χ1n) is 10.6. The monoisotopic (exact) mass is 395 g/mol. The van der Waals surface area contributed by atoms with E-state index in [1.165, 1.54) is 0 Å². The van der Waals surface area contributed by atoms with Gasteiger partial charge in [0.25, 0.3) is 0 Å². The lowest BCUT2D eigenvalue weighted by atomic mass is 9.71. The van der Waals surface area contributed by atoms with Crippen LogP contribution in [-0.2, 0) is 22.6 Å². The molecule has 0 saturated carbocycles. The van der Waals surface area contributed by atoms with E-state index in [-0.39, 0.29) is 23.9 Å². The summed E-state index contributed by atoms with van der Waals surface area (Å²) in [7, 11) is 0. The zero-order valence-electron chi connectivity index (χ0n) is 17.0. The average Bonchev–Trinajstić information content (AvgIpc) is 3.48. The zero-order chi connectivity index (χ0) is 20.3. The number of aryl methyl sites for hydroxylation is 1. The Morgan fingerprint density at radius 3 is 2.90 bits per heavy atom. The highest BCUT2D eigenvalue weighted by Crippen LogP contribution is 2.52. The van der Waals surface area contributed by atoms with Gasteiger partial charge in [0.05, 0.1) is 5.41 Å². The minimum absolute atomic E-state index is 0.0148. The van der Waals surface area contributed by atoms with Crippen LogP contribution in [0.5, 0.6) is 0 Å². The predicted octanol–water partition coefficient (Wildman–Crippen LogP) is 2.19. The number of hydrogen-bond donors (Lipinski definition) is 1. The van der Waals surface area contributed by atoms with Gasteiger partial charge < -0.3 is 10.2 Å². The third kappa shape index (κ3) is 3.78. The number of hydrogen-bond acceptors (Lipinski definition) is 4. The van der Waals surface area contributed by atoms with Crippen molar-refractivity contribution < 1.29 is 9.59 Å². The van der Waals surface area contributed by atoms with Gasteiger partial charge in [-0.15, -0.1) is 0 Å². The Balaban J connectivity index is 1.38. The molecule has 4 heterocycles. The number of carbonyl (C=O) groups is 2. The molecule has 2 fully saturated rings. The van der Waals surface area contributed by atoms with Crippen molar-refractivity contribution in [3.8, 4) is 0 Å². The fourth-order valence-corrected chi connectivity index (χ4v) is 5.16. The minimum Gasteiger partial charge on any atom is -0.355 e. The summed E-state index contributed by atoms with van der Waals surface area (Å²) in [4.78, 5) is 32.3. The maximum absolute atomic E-state index is 13.2. The number of carbonyl (C=O) groups excluding carboxylic acids is 2. The molecule has 2 aromatic rings. The minimum atomic E-state index is -0.459. The topological polar surface area (TPSA) is 80.1 Å². The van der Waals surface area contributed by atoms with E-state index in [1.54, 1.807) is 17.1 Å². The third-order valence-electron chi connectivity index (χ3n) is 6.65. The van der Waals surface area contributed by atoms with E-state index in [2.05, 4.69) is 22.3 Å². The molecule has 0 radical (unpaired) electrons. The van der Waals surface area contributed by atoms with E-state index in [9.17, 15) is 9.59 Å². The Hall–Kier alpha value is -2.70. The smallest absolute Gasteiger partial charge is 0.228 e. The molecule has 1 N–H and O–H groups in total. The van der Waals surface area contributed by atoms with Crippen LogP contribution in [0.2, 0.25) is 0 Å². The van der Waals surface area contributed by atoms with Crippen molar-refractivity contribution in [2.24, 2.45) is 5.41 Å². The first-order chi connectivity index (χ1) is 14.1. The summed E-state index contributed by atoms with van der Waals surface area (Å²) >= 11 is 0. The van der Waals surface area contributed by atoms with Gasteiger partial charge in [0, 0.05) is 56.4 Å². The molecule has 0 unspecified atom stereocenters. The number of amides is 2. The fraction of sp³-hybridized carbons (Fsp3) is 0.545. The molecule has 2 aliphatic rings. The van der Waals surface area contributed by atoms with E-state index in [0.717, 1.165) is 37.7 Å². The second-order valence-corrected chi connectivity index (χ2v) is 8.15. The van der Waals surface area contributed by atoms with Gasteiger partial charge in [0.2, 0.25) is 11.8 Å². The largest absolute Gasteiger partial charge is 0.355 e. The van der Waals surface area contributed by atoms with Gasteiger partial charge in [-0.1, -0.05) is 13.0 Å². The molecule has 2 saturated heterocycles. The quantitative estimate of drug-likeness (QED) is 0.743. The lowest BCUT2D eigenvalue weighted by Gasteiger charge is -2.35. The molecular formula is C22H29N5O2. The highest BCUT2D eigenvalue weighted by molar-refractivity contribution is 5.87. The van der Waals surface area contributed by atoms with Gasteiger partial charge in [0.1, 0.15) is 0 Å². The number of rotatable bonds is 8. The first kappa shape index (κ1) is 19.6. The van der Waals surface area contributed by atoms with Gasteiger partial charge in [0.15, 0.2) is 0 Å². The average molecular weight is 396 g/mol. The lowest BCUT2D eigenvalue weighted by Crippen LogP contribution is -2.50. The van der Waals surface area contributed by atoms with Gasteiger partial charge in [-0.25, -0.2) is 0 Å². The summed E-state index contributed by atoms with van der Waals surface area (Å²) in [5, 5.41) is 7.32. The van der Waals surface area contributed by atoms with Gasteiger partial charge >= 0.3 is 0 Å². The van der Waals surface area contributed by atoms with Crippen molar-refractivity contribution in [2.75, 3.05) is 6.54 Å². The van der Waals surface area contributed by atoms with Crippen LogP contribution in [-0.4, -0.2) is 50.1 Å². The number of fused-ring (bicyclic) bond motifs is 2.